The van der Waals surface area contributed by atoms with Gasteiger partial charge >= 0.3 is 5.97 Å². The Kier molecular flexibility index (Phi) is 7.13. The first-order chi connectivity index (χ1) is 12.9. The van der Waals surface area contributed by atoms with Crippen LogP contribution in [0, 0.1) is 10.1 Å². The maximum atomic E-state index is 12.1. The molecule has 2 aromatic carbocycles. The molecule has 27 heavy (non-hydrogen) atoms. The Morgan fingerprint density at radius 1 is 1.22 bits per heavy atom. The molecule has 0 fully saturated rings. The summed E-state index contributed by atoms with van der Waals surface area (Å²) in [6.07, 6.45) is -1.09. The first kappa shape index (κ1) is 20.2. The molecule has 142 valence electrons. The Hall–Kier alpha value is -3.13. The van der Waals surface area contributed by atoms with Gasteiger partial charge < -0.3 is 14.8 Å². The molecular weight excluding hydrogens is 376 g/mol. The lowest BCUT2D eigenvalue weighted by molar-refractivity contribution is -0.384. The van der Waals surface area contributed by atoms with Gasteiger partial charge in [0.2, 0.25) is 0 Å². The van der Waals surface area contributed by atoms with Gasteiger partial charge in [-0.3, -0.25) is 19.7 Å². The van der Waals surface area contributed by atoms with Gasteiger partial charge in [0, 0.05) is 12.1 Å². The van der Waals surface area contributed by atoms with E-state index in [1.807, 2.05) is 18.2 Å². The van der Waals surface area contributed by atoms with Crippen LogP contribution in [-0.2, 0) is 14.3 Å². The van der Waals surface area contributed by atoms with E-state index >= 15 is 0 Å². The van der Waals surface area contributed by atoms with Gasteiger partial charge in [0.05, 0.1) is 28.7 Å². The monoisotopic (exact) mass is 392 g/mol. The summed E-state index contributed by atoms with van der Waals surface area (Å²) in [6, 6.07) is 12.6. The quantitative estimate of drug-likeness (QED) is 0.418. The second-order valence-corrected chi connectivity index (χ2v) is 5.86. The lowest BCUT2D eigenvalue weighted by atomic mass is 10.2. The Morgan fingerprint density at radius 3 is 2.56 bits per heavy atom. The highest BCUT2D eigenvalue weighted by atomic mass is 35.5. The zero-order valence-corrected chi connectivity index (χ0v) is 15.1. The molecule has 0 saturated carbocycles. The molecule has 9 heteroatoms. The third kappa shape index (κ3) is 6.27. The predicted octanol–water partition coefficient (Wildman–Crippen LogP) is 3.59. The zero-order chi connectivity index (χ0) is 19.8. The molecular formula is C18H17ClN2O6. The van der Waals surface area contributed by atoms with Crippen LogP contribution in [0.2, 0.25) is 5.02 Å². The van der Waals surface area contributed by atoms with Crippen molar-refractivity contribution in [1.29, 1.82) is 0 Å². The highest BCUT2D eigenvalue weighted by Crippen LogP contribution is 2.26. The fourth-order valence-corrected chi connectivity index (χ4v) is 2.25. The minimum atomic E-state index is -1.07. The predicted molar refractivity (Wildman–Crippen MR) is 98.8 cm³/mol. The van der Waals surface area contributed by atoms with Crippen molar-refractivity contribution >= 4 is 34.9 Å². The number of halogens is 1. The van der Waals surface area contributed by atoms with Crippen molar-refractivity contribution in [2.45, 2.75) is 19.4 Å². The molecule has 1 unspecified atom stereocenters. The van der Waals surface area contributed by atoms with Crippen LogP contribution in [0.25, 0.3) is 0 Å². The number of amides is 1. The number of non-ortho nitro benzene ring substituents is 1. The van der Waals surface area contributed by atoms with Crippen LogP contribution < -0.4 is 10.1 Å². The number of para-hydroxylation sites is 1. The summed E-state index contributed by atoms with van der Waals surface area (Å²) in [5, 5.41) is 13.2. The minimum Gasteiger partial charge on any atom is -0.493 e. The summed E-state index contributed by atoms with van der Waals surface area (Å²) in [4.78, 5) is 34.0. The highest BCUT2D eigenvalue weighted by molar-refractivity contribution is 6.34. The normalized spacial score (nSPS) is 11.3. The van der Waals surface area contributed by atoms with Gasteiger partial charge in [0.15, 0.2) is 6.10 Å². The number of carbonyl (C=O) groups excluding carboxylic acids is 2. The molecule has 0 spiro atoms. The number of hydrogen-bond acceptors (Lipinski definition) is 6. The topological polar surface area (TPSA) is 108 Å². The second-order valence-electron chi connectivity index (χ2n) is 5.45. The summed E-state index contributed by atoms with van der Waals surface area (Å²) >= 11 is 5.91. The average molecular weight is 393 g/mol. The molecule has 0 bridgehead atoms. The SMILES string of the molecule is CC(OC(=O)CCOc1ccccc1)C(=O)Nc1ccc([N+](=O)[O-])cc1Cl. The number of anilines is 1. The van der Waals surface area contributed by atoms with E-state index in [9.17, 15) is 19.7 Å². The van der Waals surface area contributed by atoms with E-state index in [-0.39, 0.29) is 29.4 Å². The molecule has 0 aliphatic heterocycles. The molecule has 2 aromatic rings. The number of nitrogens with zero attached hydrogens (tertiary/aromatic N) is 1. The number of rotatable bonds is 8. The van der Waals surface area contributed by atoms with E-state index in [1.54, 1.807) is 12.1 Å². The molecule has 0 heterocycles. The molecule has 1 amide bonds. The average Bonchev–Trinajstić information content (AvgIpc) is 2.64. The number of nitro benzene ring substituents is 1. The van der Waals surface area contributed by atoms with Crippen molar-refractivity contribution in [1.82, 2.24) is 0 Å². The highest BCUT2D eigenvalue weighted by Gasteiger charge is 2.19. The summed E-state index contributed by atoms with van der Waals surface area (Å²) in [5.41, 5.74) is -0.0153. The molecule has 0 aliphatic carbocycles. The van der Waals surface area contributed by atoms with E-state index in [1.165, 1.54) is 19.1 Å². The van der Waals surface area contributed by atoms with E-state index in [0.29, 0.717) is 5.75 Å². The van der Waals surface area contributed by atoms with E-state index in [0.717, 1.165) is 6.07 Å². The van der Waals surface area contributed by atoms with Gasteiger partial charge in [-0.05, 0) is 25.1 Å². The Balaban J connectivity index is 1.81. The van der Waals surface area contributed by atoms with Crippen molar-refractivity contribution < 1.29 is 24.0 Å². The Labute approximate surface area is 160 Å². The van der Waals surface area contributed by atoms with E-state index < -0.39 is 22.9 Å². The molecule has 8 nitrogen and oxygen atoms in total. The number of esters is 1. The molecule has 0 aliphatic rings. The molecule has 2 rings (SSSR count). The Morgan fingerprint density at radius 2 is 1.93 bits per heavy atom. The van der Waals surface area contributed by atoms with Crippen molar-refractivity contribution in [2.24, 2.45) is 0 Å². The third-order valence-electron chi connectivity index (χ3n) is 3.42. The molecule has 0 saturated heterocycles. The number of carbonyl (C=O) groups is 2. The molecule has 0 radical (unpaired) electrons. The fourth-order valence-electron chi connectivity index (χ4n) is 2.03. The number of nitrogens with one attached hydrogen (secondary N) is 1. The van der Waals surface area contributed by atoms with Crippen LogP contribution >= 0.6 is 11.6 Å². The van der Waals surface area contributed by atoms with Gasteiger partial charge in [-0.1, -0.05) is 29.8 Å². The maximum Gasteiger partial charge on any atom is 0.310 e. The van der Waals surface area contributed by atoms with Crippen molar-refractivity contribution in [3.8, 4) is 5.75 Å². The van der Waals surface area contributed by atoms with E-state index in [4.69, 9.17) is 21.1 Å². The third-order valence-corrected chi connectivity index (χ3v) is 3.73. The summed E-state index contributed by atoms with van der Waals surface area (Å²) < 4.78 is 10.4. The van der Waals surface area contributed by atoms with Crippen LogP contribution in [0.1, 0.15) is 13.3 Å². The van der Waals surface area contributed by atoms with Crippen LogP contribution in [-0.4, -0.2) is 29.5 Å². The molecule has 1 atom stereocenters. The van der Waals surface area contributed by atoms with Crippen molar-refractivity contribution in [2.75, 3.05) is 11.9 Å². The number of benzene rings is 2. The fraction of sp³-hybridized carbons (Fsp3) is 0.222. The van der Waals surface area contributed by atoms with Gasteiger partial charge in [-0.25, -0.2) is 0 Å². The first-order valence-corrected chi connectivity index (χ1v) is 8.36. The van der Waals surface area contributed by atoms with Gasteiger partial charge in [0.25, 0.3) is 11.6 Å². The largest absolute Gasteiger partial charge is 0.493 e. The lowest BCUT2D eigenvalue weighted by Gasteiger charge is -2.14. The first-order valence-electron chi connectivity index (χ1n) is 7.99. The van der Waals surface area contributed by atoms with Crippen LogP contribution in [0.3, 0.4) is 0 Å². The zero-order valence-electron chi connectivity index (χ0n) is 14.4. The van der Waals surface area contributed by atoms with Gasteiger partial charge in [0.1, 0.15) is 5.75 Å². The minimum absolute atomic E-state index is 0.00679. The summed E-state index contributed by atoms with van der Waals surface area (Å²) in [5.74, 6) is -0.574. The Bertz CT molecular complexity index is 828. The molecule has 0 aromatic heterocycles. The second kappa shape index (κ2) is 9.54. The maximum absolute atomic E-state index is 12.1. The number of ether oxygens (including phenoxy) is 2. The van der Waals surface area contributed by atoms with Crippen LogP contribution in [0.5, 0.6) is 5.75 Å². The molecule has 1 N–H and O–H groups in total. The van der Waals surface area contributed by atoms with Crippen molar-refractivity contribution in [3.05, 3.63) is 63.7 Å². The standard InChI is InChI=1S/C18H17ClN2O6/c1-12(27-17(22)9-10-26-14-5-3-2-4-6-14)18(23)20-16-8-7-13(21(24)25)11-15(16)19/h2-8,11-12H,9-10H2,1H3,(H,20,23). The summed E-state index contributed by atoms with van der Waals surface area (Å²) in [7, 11) is 0. The number of hydrogen-bond donors (Lipinski definition) is 1. The summed E-state index contributed by atoms with van der Waals surface area (Å²) in [6.45, 7) is 1.52. The van der Waals surface area contributed by atoms with Gasteiger partial charge in [-0.2, -0.15) is 0 Å². The van der Waals surface area contributed by atoms with Crippen molar-refractivity contribution in [3.63, 3.8) is 0 Å². The van der Waals surface area contributed by atoms with Gasteiger partial charge in [-0.15, -0.1) is 0 Å². The van der Waals surface area contributed by atoms with E-state index in [2.05, 4.69) is 5.32 Å². The lowest BCUT2D eigenvalue weighted by Crippen LogP contribution is -2.30. The smallest absolute Gasteiger partial charge is 0.310 e. The van der Waals surface area contributed by atoms with Crippen LogP contribution in [0.4, 0.5) is 11.4 Å². The number of nitro groups is 1. The van der Waals surface area contributed by atoms with Crippen LogP contribution in [0.15, 0.2) is 48.5 Å².